The summed E-state index contributed by atoms with van der Waals surface area (Å²) in [4.78, 5) is 13.7. The highest BCUT2D eigenvalue weighted by Crippen LogP contribution is 2.16. The second-order valence-electron chi connectivity index (χ2n) is 4.48. The molecule has 0 atom stereocenters. The van der Waals surface area contributed by atoms with Gasteiger partial charge in [0.1, 0.15) is 0 Å². The normalized spacial score (nSPS) is 15.6. The molecular weight excluding hydrogens is 218 g/mol. The summed E-state index contributed by atoms with van der Waals surface area (Å²) < 4.78 is 2.09. The van der Waals surface area contributed by atoms with Crippen molar-refractivity contribution < 1.29 is 10.0 Å². The Morgan fingerprint density at radius 1 is 1.53 bits per heavy atom. The molecule has 0 unspecified atom stereocenters. The van der Waals surface area contributed by atoms with Crippen LogP contribution in [-0.2, 0) is 13.1 Å². The van der Waals surface area contributed by atoms with Crippen LogP contribution in [0.2, 0.25) is 0 Å². The van der Waals surface area contributed by atoms with Crippen molar-refractivity contribution in [3.8, 4) is 0 Å². The highest BCUT2D eigenvalue weighted by molar-refractivity contribution is 5.93. The molecule has 0 saturated carbocycles. The van der Waals surface area contributed by atoms with Crippen molar-refractivity contribution >= 4 is 5.91 Å². The minimum absolute atomic E-state index is 0.438. The average Bonchev–Trinajstić information content (AvgIpc) is 2.78. The minimum atomic E-state index is -0.438. The lowest BCUT2D eigenvalue weighted by Gasteiger charge is -2.28. The first-order valence-electron chi connectivity index (χ1n) is 6.10. The molecule has 0 aliphatic carbocycles. The van der Waals surface area contributed by atoms with Crippen LogP contribution in [0.25, 0.3) is 0 Å². The molecule has 2 rings (SSSR count). The van der Waals surface area contributed by atoms with Crippen molar-refractivity contribution in [3.63, 3.8) is 0 Å². The molecule has 2 heterocycles. The van der Waals surface area contributed by atoms with E-state index >= 15 is 0 Å². The fraction of sp³-hybridized carbons (Fsp3) is 0.583. The van der Waals surface area contributed by atoms with Crippen LogP contribution in [0.15, 0.2) is 12.3 Å². The summed E-state index contributed by atoms with van der Waals surface area (Å²) in [5.74, 6) is -0.438. The van der Waals surface area contributed by atoms with Crippen LogP contribution in [0.5, 0.6) is 0 Å². The second kappa shape index (κ2) is 5.33. The molecule has 94 valence electrons. The maximum Gasteiger partial charge on any atom is 0.276 e. The van der Waals surface area contributed by atoms with E-state index in [1.54, 1.807) is 11.7 Å². The van der Waals surface area contributed by atoms with E-state index < -0.39 is 5.91 Å². The van der Waals surface area contributed by atoms with E-state index in [2.05, 4.69) is 16.4 Å². The monoisotopic (exact) mass is 237 g/mol. The van der Waals surface area contributed by atoms with Crippen LogP contribution >= 0.6 is 0 Å². The lowest BCUT2D eigenvalue weighted by Crippen LogP contribution is -2.33. The Balaban J connectivity index is 2.05. The third kappa shape index (κ3) is 2.68. The Labute approximate surface area is 101 Å². The van der Waals surface area contributed by atoms with Crippen LogP contribution in [-0.4, -0.2) is 33.7 Å². The van der Waals surface area contributed by atoms with Crippen LogP contribution in [0, 0.1) is 0 Å². The molecule has 0 radical (unpaired) electrons. The van der Waals surface area contributed by atoms with Gasteiger partial charge in [0.15, 0.2) is 0 Å². The molecule has 0 saturated heterocycles. The first-order chi connectivity index (χ1) is 8.24. The number of nitrogens with one attached hydrogen (secondary N) is 1. The third-order valence-electron chi connectivity index (χ3n) is 3.22. The molecule has 0 bridgehead atoms. The molecule has 5 nitrogen and oxygen atoms in total. The van der Waals surface area contributed by atoms with E-state index in [0.717, 1.165) is 31.9 Å². The predicted octanol–water partition coefficient (Wildman–Crippen LogP) is 1.22. The molecule has 1 aliphatic rings. The fourth-order valence-corrected chi connectivity index (χ4v) is 2.21. The minimum Gasteiger partial charge on any atom is -0.348 e. The van der Waals surface area contributed by atoms with Gasteiger partial charge < -0.3 is 4.57 Å². The molecular formula is C12H19N3O2. The number of hydrogen-bond donors (Lipinski definition) is 2. The Bertz CT molecular complexity index is 400. The summed E-state index contributed by atoms with van der Waals surface area (Å²) in [6, 6.07) is 1.85. The molecule has 17 heavy (non-hydrogen) atoms. The Morgan fingerprint density at radius 2 is 2.35 bits per heavy atom. The number of hydrogen-bond acceptors (Lipinski definition) is 3. The quantitative estimate of drug-likeness (QED) is 0.611. The highest BCUT2D eigenvalue weighted by atomic mass is 16.5. The van der Waals surface area contributed by atoms with E-state index in [9.17, 15) is 4.79 Å². The topological polar surface area (TPSA) is 57.5 Å². The molecule has 1 aromatic heterocycles. The van der Waals surface area contributed by atoms with E-state index in [1.165, 1.54) is 12.8 Å². The molecule has 0 spiro atoms. The van der Waals surface area contributed by atoms with Gasteiger partial charge in [0.2, 0.25) is 0 Å². The molecule has 1 aliphatic heterocycles. The number of amides is 1. The Hall–Kier alpha value is -1.33. The van der Waals surface area contributed by atoms with Gasteiger partial charge >= 0.3 is 0 Å². The summed E-state index contributed by atoms with van der Waals surface area (Å²) in [7, 11) is 0. The van der Waals surface area contributed by atoms with Crippen molar-refractivity contribution in [3.05, 3.63) is 23.5 Å². The van der Waals surface area contributed by atoms with Crippen LogP contribution in [0.4, 0.5) is 0 Å². The maximum absolute atomic E-state index is 11.3. The Kier molecular flexibility index (Phi) is 3.81. The summed E-state index contributed by atoms with van der Waals surface area (Å²) in [6.07, 6.45) is 4.22. The lowest BCUT2D eigenvalue weighted by molar-refractivity contribution is 0.0706. The number of hydroxylamine groups is 1. The standard InChI is InChI=1S/C12H19N3O2/c1-2-3-4-14-5-6-15-8-10(12(16)13-17)7-11(15)9-14/h7-8,17H,2-6,9H2,1H3,(H,13,16). The van der Waals surface area contributed by atoms with Crippen molar-refractivity contribution in [2.24, 2.45) is 0 Å². The number of fused-ring (bicyclic) bond motifs is 1. The van der Waals surface area contributed by atoms with Gasteiger partial charge in [-0.1, -0.05) is 13.3 Å². The van der Waals surface area contributed by atoms with Crippen LogP contribution in [0.3, 0.4) is 0 Å². The zero-order valence-electron chi connectivity index (χ0n) is 10.1. The summed E-state index contributed by atoms with van der Waals surface area (Å²) in [5.41, 5.74) is 3.34. The van der Waals surface area contributed by atoms with Gasteiger partial charge in [-0.3, -0.25) is 14.9 Å². The predicted molar refractivity (Wildman–Crippen MR) is 63.9 cm³/mol. The van der Waals surface area contributed by atoms with Gasteiger partial charge in [-0.2, -0.15) is 0 Å². The lowest BCUT2D eigenvalue weighted by atomic mass is 10.2. The molecule has 0 aromatic carbocycles. The number of carbonyl (C=O) groups is 1. The van der Waals surface area contributed by atoms with E-state index in [4.69, 9.17) is 5.21 Å². The van der Waals surface area contributed by atoms with Gasteiger partial charge in [-0.25, -0.2) is 5.48 Å². The smallest absolute Gasteiger partial charge is 0.276 e. The first kappa shape index (κ1) is 12.1. The zero-order valence-corrected chi connectivity index (χ0v) is 10.1. The van der Waals surface area contributed by atoms with Gasteiger partial charge in [0.25, 0.3) is 5.91 Å². The molecule has 5 heteroatoms. The zero-order chi connectivity index (χ0) is 12.3. The number of rotatable bonds is 4. The van der Waals surface area contributed by atoms with Crippen molar-refractivity contribution in [1.29, 1.82) is 0 Å². The molecule has 0 fully saturated rings. The average molecular weight is 237 g/mol. The number of aromatic nitrogens is 1. The maximum atomic E-state index is 11.3. The summed E-state index contributed by atoms with van der Waals surface area (Å²) in [6.45, 7) is 6.14. The first-order valence-corrected chi connectivity index (χ1v) is 6.10. The molecule has 1 amide bonds. The fourth-order valence-electron chi connectivity index (χ4n) is 2.21. The second-order valence-corrected chi connectivity index (χ2v) is 4.48. The van der Waals surface area contributed by atoms with Crippen molar-refractivity contribution in [2.45, 2.75) is 32.9 Å². The Morgan fingerprint density at radius 3 is 3.06 bits per heavy atom. The molecule has 1 aromatic rings. The molecule has 2 N–H and O–H groups in total. The number of nitrogens with zero attached hydrogens (tertiary/aromatic N) is 2. The van der Waals surface area contributed by atoms with Gasteiger partial charge in [0, 0.05) is 31.5 Å². The highest BCUT2D eigenvalue weighted by Gasteiger charge is 2.18. The van der Waals surface area contributed by atoms with E-state index in [-0.39, 0.29) is 0 Å². The van der Waals surface area contributed by atoms with Crippen molar-refractivity contribution in [2.75, 3.05) is 13.1 Å². The van der Waals surface area contributed by atoms with Gasteiger partial charge in [-0.05, 0) is 19.0 Å². The van der Waals surface area contributed by atoms with Crippen LogP contribution in [0.1, 0.15) is 35.8 Å². The van der Waals surface area contributed by atoms with Gasteiger partial charge in [0.05, 0.1) is 5.56 Å². The van der Waals surface area contributed by atoms with Gasteiger partial charge in [-0.15, -0.1) is 0 Å². The number of carbonyl (C=O) groups excluding carboxylic acids is 1. The number of unbranched alkanes of at least 4 members (excludes halogenated alkanes) is 1. The van der Waals surface area contributed by atoms with E-state index in [0.29, 0.717) is 5.56 Å². The largest absolute Gasteiger partial charge is 0.348 e. The summed E-state index contributed by atoms with van der Waals surface area (Å²) >= 11 is 0. The third-order valence-corrected chi connectivity index (χ3v) is 3.22. The van der Waals surface area contributed by atoms with Crippen LogP contribution < -0.4 is 5.48 Å². The SMILES string of the molecule is CCCCN1CCn2cc(C(=O)NO)cc2C1. The van der Waals surface area contributed by atoms with Crippen molar-refractivity contribution in [1.82, 2.24) is 14.9 Å². The van der Waals surface area contributed by atoms with E-state index in [1.807, 2.05) is 6.07 Å². The summed E-state index contributed by atoms with van der Waals surface area (Å²) in [5, 5.41) is 8.60.